The lowest BCUT2D eigenvalue weighted by atomic mass is 10.1. The number of aliphatic hydroxyl groups excluding tert-OH is 1. The molecule has 17 nitrogen and oxygen atoms in total. The van der Waals surface area contributed by atoms with Crippen molar-refractivity contribution in [2.75, 3.05) is 39.6 Å². The first-order valence-electron chi connectivity index (χ1n) is 12.0. The molecule has 40 heavy (non-hydrogen) atoms. The Morgan fingerprint density at radius 2 is 1.75 bits per heavy atom. The van der Waals surface area contributed by atoms with Crippen LogP contribution in [0.3, 0.4) is 0 Å². The molecular weight excluding hydrogens is 572 g/mol. The molecule has 5 atom stereocenters. The van der Waals surface area contributed by atoms with Crippen LogP contribution < -0.4 is 21.8 Å². The van der Waals surface area contributed by atoms with E-state index in [0.29, 0.717) is 0 Å². The third-order valence-corrected chi connectivity index (χ3v) is 7.70. The summed E-state index contributed by atoms with van der Waals surface area (Å²) in [6.45, 7) is 0.154. The molecule has 2 rings (SSSR count). The number of aromatic nitrogens is 2. The summed E-state index contributed by atoms with van der Waals surface area (Å²) in [5.74, 6) is 0. The van der Waals surface area contributed by atoms with Crippen molar-refractivity contribution >= 4 is 16.3 Å². The summed E-state index contributed by atoms with van der Waals surface area (Å²) in [6, 6.07) is 5.61. The molecule has 19 heteroatoms. The van der Waals surface area contributed by atoms with E-state index in [1.54, 1.807) is 0 Å². The zero-order valence-corrected chi connectivity index (χ0v) is 23.4. The summed E-state index contributed by atoms with van der Waals surface area (Å²) in [6.07, 6.45) is -3.27. The molecule has 1 aliphatic rings. The molecule has 1 aromatic rings. The van der Waals surface area contributed by atoms with Gasteiger partial charge in [0.1, 0.15) is 18.3 Å². The second-order valence-electron chi connectivity index (χ2n) is 8.04. The molecule has 0 saturated carbocycles. The van der Waals surface area contributed by atoms with E-state index in [2.05, 4.69) is 10.1 Å². The van der Waals surface area contributed by atoms with Gasteiger partial charge in [0.2, 0.25) is 0 Å². The van der Waals surface area contributed by atoms with Crippen LogP contribution in [0.1, 0.15) is 31.1 Å². The maximum atomic E-state index is 13.3. The van der Waals surface area contributed by atoms with Crippen molar-refractivity contribution in [3.8, 4) is 18.2 Å². The predicted molar refractivity (Wildman–Crippen MR) is 137 cm³/mol. The lowest BCUT2D eigenvalue weighted by molar-refractivity contribution is -0.0750. The number of aryl methyl sites for hydroxylation is 1. The smallest absolute Gasteiger partial charge is 0.394 e. The maximum Gasteiger partial charge on any atom is 0.405 e. The number of H-pyrrole nitrogens is 1. The first-order valence-corrected chi connectivity index (χ1v) is 14.8. The Labute approximate surface area is 230 Å². The van der Waals surface area contributed by atoms with Crippen LogP contribution in [0, 0.1) is 40.9 Å². The Morgan fingerprint density at radius 3 is 2.35 bits per heavy atom. The zero-order valence-electron chi connectivity index (χ0n) is 21.6. The molecule has 0 aromatic carbocycles. The Morgan fingerprint density at radius 1 is 1.12 bits per heavy atom. The molecule has 220 valence electrons. The molecule has 1 fully saturated rings. The van der Waals surface area contributed by atoms with Gasteiger partial charge in [-0.15, -0.1) is 0 Å². The van der Waals surface area contributed by atoms with Crippen LogP contribution in [-0.4, -0.2) is 72.5 Å². The van der Waals surface area contributed by atoms with Crippen molar-refractivity contribution in [1.82, 2.24) is 14.6 Å². The minimum Gasteiger partial charge on any atom is -0.394 e. The maximum absolute atomic E-state index is 13.3. The Bertz CT molecular complexity index is 1220. The van der Waals surface area contributed by atoms with Crippen molar-refractivity contribution < 1.29 is 37.2 Å². The number of hydrogen-bond donors (Lipinski definition) is 4. The molecule has 1 aromatic heterocycles. The van der Waals surface area contributed by atoms with Gasteiger partial charge in [-0.05, 0) is 6.92 Å². The minimum absolute atomic E-state index is 0.0198. The van der Waals surface area contributed by atoms with Gasteiger partial charge in [0.05, 0.1) is 70.5 Å². The van der Waals surface area contributed by atoms with Crippen LogP contribution in [0.15, 0.2) is 15.8 Å². The molecule has 0 amide bonds. The van der Waals surface area contributed by atoms with Crippen LogP contribution in [-0.2, 0) is 32.1 Å². The number of nitrogens with two attached hydrogens (primary N) is 1. The van der Waals surface area contributed by atoms with Crippen LogP contribution in [0.5, 0.6) is 0 Å². The number of aliphatic hydroxyl groups is 1. The van der Waals surface area contributed by atoms with Crippen molar-refractivity contribution in [3.05, 3.63) is 32.6 Å². The van der Waals surface area contributed by atoms with Crippen LogP contribution in [0.2, 0.25) is 0 Å². The molecule has 0 radical (unpaired) electrons. The second kappa shape index (κ2) is 17.3. The van der Waals surface area contributed by atoms with E-state index in [0.717, 1.165) is 4.57 Å². The molecule has 1 aliphatic heterocycles. The van der Waals surface area contributed by atoms with Gasteiger partial charge in [0.25, 0.3) is 14.1 Å². The summed E-state index contributed by atoms with van der Waals surface area (Å²) in [4.78, 5) is 26.8. The molecule has 1 saturated heterocycles. The van der Waals surface area contributed by atoms with E-state index >= 15 is 0 Å². The number of ether oxygens (including phenoxy) is 2. The molecule has 0 bridgehead atoms. The summed E-state index contributed by atoms with van der Waals surface area (Å²) >= 11 is 0. The first-order chi connectivity index (χ1) is 19.2. The highest BCUT2D eigenvalue weighted by Crippen LogP contribution is 2.46. The van der Waals surface area contributed by atoms with Gasteiger partial charge in [-0.1, -0.05) is 0 Å². The van der Waals surface area contributed by atoms with Gasteiger partial charge in [-0.2, -0.15) is 15.8 Å². The van der Waals surface area contributed by atoms with Crippen molar-refractivity contribution in [3.63, 3.8) is 0 Å². The van der Waals surface area contributed by atoms with Gasteiger partial charge in [0.15, 0.2) is 6.23 Å². The van der Waals surface area contributed by atoms with E-state index in [4.69, 9.17) is 48.9 Å². The normalized spacial score (nSPS) is 21.4. The van der Waals surface area contributed by atoms with Gasteiger partial charge in [-0.25, -0.2) is 14.4 Å². The fraction of sp³-hybridized carbons (Fsp3) is 0.667. The lowest BCUT2D eigenvalue weighted by Crippen LogP contribution is -2.42. The summed E-state index contributed by atoms with van der Waals surface area (Å²) in [7, 11) is -6.14. The fourth-order valence-corrected chi connectivity index (χ4v) is 5.60. The topological polar surface area (TPSA) is 257 Å². The highest BCUT2D eigenvalue weighted by Gasteiger charge is 2.49. The standard InChI is InChI=1S/C21H31N7O10P2/c1-15-14-28(21(31)27-19(15)30)20-18(33-12-8-29)17(38-39(25)34-9-2-5-22)16(37-20)13-26-40(32,35-10-3-6-23)36-11-4-7-24/h14,16-18,20,29H,2-4,8-13,25H2,1H3,(H,26,32)(H,27,30,31)/t16-,17-,18-,20-,39?/m1/s1. The number of rotatable bonds is 18. The predicted octanol–water partition coefficient (Wildman–Crippen LogP) is 0.179. The highest BCUT2D eigenvalue weighted by molar-refractivity contribution is 7.51. The number of aromatic amines is 1. The number of nitrogens with one attached hydrogen (secondary N) is 2. The second-order valence-corrected chi connectivity index (χ2v) is 10.9. The van der Waals surface area contributed by atoms with E-state index in [9.17, 15) is 19.3 Å². The molecule has 1 unspecified atom stereocenters. The largest absolute Gasteiger partial charge is 0.405 e. The van der Waals surface area contributed by atoms with E-state index in [1.165, 1.54) is 13.1 Å². The highest BCUT2D eigenvalue weighted by atomic mass is 31.2. The Hall–Kier alpha value is -2.55. The average molecular weight is 603 g/mol. The van der Waals surface area contributed by atoms with Crippen molar-refractivity contribution in [1.29, 1.82) is 15.8 Å². The van der Waals surface area contributed by atoms with Gasteiger partial charge in [0, 0.05) is 18.3 Å². The summed E-state index contributed by atoms with van der Waals surface area (Å²) in [5.41, 5.74) is 4.79. The summed E-state index contributed by atoms with van der Waals surface area (Å²) in [5, 5.41) is 38.3. The third-order valence-electron chi connectivity index (χ3n) is 5.20. The number of hydrogen-bond acceptors (Lipinski definition) is 14. The first kappa shape index (κ1) is 33.7. The summed E-state index contributed by atoms with van der Waals surface area (Å²) < 4.78 is 48.0. The number of nitrogens with zero attached hydrogens (tertiary/aromatic N) is 4. The average Bonchev–Trinajstić information content (AvgIpc) is 3.25. The van der Waals surface area contributed by atoms with E-state index < -0.39 is 52.1 Å². The zero-order chi connectivity index (χ0) is 29.5. The van der Waals surface area contributed by atoms with Crippen LogP contribution in [0.4, 0.5) is 0 Å². The van der Waals surface area contributed by atoms with Crippen molar-refractivity contribution in [2.45, 2.75) is 50.7 Å². The molecule has 5 N–H and O–H groups in total. The van der Waals surface area contributed by atoms with Crippen LogP contribution in [0.25, 0.3) is 0 Å². The molecule has 0 aliphatic carbocycles. The van der Waals surface area contributed by atoms with Crippen molar-refractivity contribution in [2.24, 2.45) is 5.50 Å². The molecule has 0 spiro atoms. The van der Waals surface area contributed by atoms with E-state index in [-0.39, 0.29) is 64.4 Å². The Kier molecular flexibility index (Phi) is 14.6. The molecular formula is C21H31N7O10P2. The minimum atomic E-state index is -4.05. The van der Waals surface area contributed by atoms with Gasteiger partial charge < -0.3 is 23.6 Å². The van der Waals surface area contributed by atoms with E-state index in [1.807, 2.05) is 18.2 Å². The molecule has 2 heterocycles. The lowest BCUT2D eigenvalue weighted by Gasteiger charge is -2.27. The number of nitriles is 3. The van der Waals surface area contributed by atoms with Gasteiger partial charge in [-0.3, -0.25) is 28.9 Å². The van der Waals surface area contributed by atoms with Gasteiger partial charge >= 0.3 is 13.4 Å². The fourth-order valence-electron chi connectivity index (χ4n) is 3.45. The monoisotopic (exact) mass is 603 g/mol. The van der Waals surface area contributed by atoms with Crippen LogP contribution >= 0.6 is 16.3 Å². The SMILES string of the molecule is Cc1cn([C@@H]2O[C@H](CNP(=O)(OCCC#N)OCCC#N)[C@@H](OP(N)OCCC#N)[C@H]2OCCO)c(=O)[nH]c1=O. The quantitative estimate of drug-likeness (QED) is 0.129. The third kappa shape index (κ3) is 10.1. The Balaban J connectivity index is 2.39.